The third kappa shape index (κ3) is 5.41. The number of rotatable bonds is 6. The second-order valence-electron chi connectivity index (χ2n) is 6.15. The van der Waals surface area contributed by atoms with Gasteiger partial charge in [0.25, 0.3) is 0 Å². The monoisotopic (exact) mass is 414 g/mol. The van der Waals surface area contributed by atoms with Crippen LogP contribution in [0.4, 0.5) is 10.1 Å². The van der Waals surface area contributed by atoms with Crippen molar-refractivity contribution in [3.8, 4) is 5.75 Å². The van der Waals surface area contributed by atoms with E-state index in [4.69, 9.17) is 4.74 Å². The number of thioether (sulfide) groups is 1. The second-order valence-corrected chi connectivity index (χ2v) is 7.34. The van der Waals surface area contributed by atoms with Gasteiger partial charge in [-0.3, -0.25) is 9.59 Å². The fourth-order valence-electron chi connectivity index (χ4n) is 2.57. The number of methoxy groups -OCH3 is 1. The molecule has 0 aromatic heterocycles. The van der Waals surface area contributed by atoms with Crippen molar-refractivity contribution in [3.05, 3.63) is 59.9 Å². The van der Waals surface area contributed by atoms with E-state index in [-0.39, 0.29) is 24.1 Å². The predicted molar refractivity (Wildman–Crippen MR) is 112 cm³/mol. The number of amidine groups is 1. The van der Waals surface area contributed by atoms with Crippen molar-refractivity contribution in [2.45, 2.75) is 18.6 Å². The molecule has 0 unspecified atom stereocenters. The van der Waals surface area contributed by atoms with Gasteiger partial charge in [-0.2, -0.15) is 5.10 Å². The minimum atomic E-state index is -0.607. The number of carbonyl (C=O) groups excluding carboxylic acids is 2. The van der Waals surface area contributed by atoms with Gasteiger partial charge in [-0.25, -0.2) is 4.39 Å². The van der Waals surface area contributed by atoms with E-state index in [0.29, 0.717) is 22.3 Å². The zero-order chi connectivity index (χ0) is 20.8. The van der Waals surface area contributed by atoms with E-state index in [1.807, 2.05) is 0 Å². The molecule has 1 aliphatic heterocycles. The van der Waals surface area contributed by atoms with Crippen molar-refractivity contribution in [2.75, 3.05) is 12.4 Å². The zero-order valence-corrected chi connectivity index (χ0v) is 16.6. The number of amides is 2. The molecule has 0 aliphatic carbocycles. The van der Waals surface area contributed by atoms with Crippen LogP contribution >= 0.6 is 11.8 Å². The van der Waals surface area contributed by atoms with Crippen molar-refractivity contribution in [1.29, 1.82) is 0 Å². The highest BCUT2D eigenvalue weighted by atomic mass is 32.2. The van der Waals surface area contributed by atoms with Crippen molar-refractivity contribution < 1.29 is 18.7 Å². The first kappa shape index (κ1) is 20.5. The maximum absolute atomic E-state index is 13.0. The summed E-state index contributed by atoms with van der Waals surface area (Å²) >= 11 is 1.14. The minimum absolute atomic E-state index is 0.0196. The standard InChI is InChI=1S/C20H19FN4O3S/c1-12(13-7-9-14(21)10-8-13)24-25-20-23-19(27)17(29-20)11-18(26)22-15-5-3-4-6-16(15)28-2/h3-10,17H,11H2,1-2H3,(H,22,26)(H,23,25,27)/b24-12-/t17-/m1/s1. The molecule has 2 aromatic carbocycles. The van der Waals surface area contributed by atoms with Crippen LogP contribution in [0.5, 0.6) is 5.75 Å². The Morgan fingerprint density at radius 2 is 1.97 bits per heavy atom. The van der Waals surface area contributed by atoms with Crippen LogP contribution in [0.15, 0.2) is 58.7 Å². The van der Waals surface area contributed by atoms with E-state index in [1.54, 1.807) is 43.3 Å². The predicted octanol–water partition coefficient (Wildman–Crippen LogP) is 3.17. The van der Waals surface area contributed by atoms with Crippen LogP contribution in [0.1, 0.15) is 18.9 Å². The Labute approximate surface area is 171 Å². The summed E-state index contributed by atoms with van der Waals surface area (Å²) in [5, 5.41) is 13.2. The molecule has 2 aromatic rings. The maximum atomic E-state index is 13.0. The first-order valence-corrected chi connectivity index (χ1v) is 9.63. The minimum Gasteiger partial charge on any atom is -0.495 e. The van der Waals surface area contributed by atoms with Gasteiger partial charge in [0.2, 0.25) is 11.8 Å². The Morgan fingerprint density at radius 1 is 1.24 bits per heavy atom. The first-order chi connectivity index (χ1) is 14.0. The fraction of sp³-hybridized carbons (Fsp3) is 0.200. The molecule has 1 atom stereocenters. The lowest BCUT2D eigenvalue weighted by atomic mass is 10.1. The van der Waals surface area contributed by atoms with Gasteiger partial charge in [-0.05, 0) is 36.8 Å². The average molecular weight is 414 g/mol. The molecule has 1 heterocycles. The van der Waals surface area contributed by atoms with Gasteiger partial charge in [0.15, 0.2) is 5.17 Å². The number of nitrogens with zero attached hydrogens (tertiary/aromatic N) is 2. The quantitative estimate of drug-likeness (QED) is 0.561. The van der Waals surface area contributed by atoms with Crippen LogP contribution in [0.3, 0.4) is 0 Å². The van der Waals surface area contributed by atoms with Gasteiger partial charge in [-0.1, -0.05) is 36.0 Å². The summed E-state index contributed by atoms with van der Waals surface area (Å²) in [4.78, 5) is 24.4. The van der Waals surface area contributed by atoms with Crippen LogP contribution in [0.2, 0.25) is 0 Å². The van der Waals surface area contributed by atoms with Gasteiger partial charge >= 0.3 is 0 Å². The third-order valence-corrected chi connectivity index (χ3v) is 5.15. The van der Waals surface area contributed by atoms with Gasteiger partial charge in [0, 0.05) is 6.42 Å². The Hall–Kier alpha value is -3.20. The second kappa shape index (κ2) is 9.33. The Morgan fingerprint density at radius 3 is 2.69 bits per heavy atom. The van der Waals surface area contributed by atoms with Crippen LogP contribution < -0.4 is 15.4 Å². The van der Waals surface area contributed by atoms with Gasteiger partial charge in [0.1, 0.15) is 16.8 Å². The first-order valence-electron chi connectivity index (χ1n) is 8.75. The molecule has 1 saturated heterocycles. The maximum Gasteiger partial charge on any atom is 0.240 e. The molecule has 9 heteroatoms. The number of hydrogen-bond donors (Lipinski definition) is 2. The molecule has 1 aliphatic rings. The summed E-state index contributed by atoms with van der Waals surface area (Å²) in [6.45, 7) is 1.73. The molecular formula is C20H19FN4O3S. The Kier molecular flexibility index (Phi) is 6.61. The molecule has 3 rings (SSSR count). The van der Waals surface area contributed by atoms with E-state index in [1.165, 1.54) is 19.2 Å². The molecule has 0 saturated carbocycles. The highest BCUT2D eigenvalue weighted by molar-refractivity contribution is 8.15. The van der Waals surface area contributed by atoms with Crippen molar-refractivity contribution in [1.82, 2.24) is 5.32 Å². The summed E-state index contributed by atoms with van der Waals surface area (Å²) in [7, 11) is 1.52. The Balaban J connectivity index is 1.61. The van der Waals surface area contributed by atoms with Gasteiger partial charge in [0.05, 0.1) is 18.5 Å². The number of anilines is 1. The molecule has 29 heavy (non-hydrogen) atoms. The molecule has 1 fully saturated rings. The van der Waals surface area contributed by atoms with Gasteiger partial charge < -0.3 is 15.4 Å². The normalized spacial score (nSPS) is 17.9. The van der Waals surface area contributed by atoms with E-state index in [9.17, 15) is 14.0 Å². The molecule has 2 amide bonds. The third-order valence-electron chi connectivity index (χ3n) is 4.08. The van der Waals surface area contributed by atoms with Crippen LogP contribution in [0.25, 0.3) is 0 Å². The van der Waals surface area contributed by atoms with Crippen LogP contribution in [-0.4, -0.2) is 35.1 Å². The van der Waals surface area contributed by atoms with Crippen LogP contribution in [0, 0.1) is 5.82 Å². The van der Waals surface area contributed by atoms with Gasteiger partial charge in [-0.15, -0.1) is 5.10 Å². The summed E-state index contributed by atoms with van der Waals surface area (Å²) in [6.07, 6.45) is -0.0196. The highest BCUT2D eigenvalue weighted by Crippen LogP contribution is 2.26. The van der Waals surface area contributed by atoms with Crippen molar-refractivity contribution in [3.63, 3.8) is 0 Å². The van der Waals surface area contributed by atoms with Crippen LogP contribution in [-0.2, 0) is 9.59 Å². The number of para-hydroxylation sites is 2. The molecule has 0 radical (unpaired) electrons. The lowest BCUT2D eigenvalue weighted by Gasteiger charge is -2.10. The number of nitrogens with one attached hydrogen (secondary N) is 2. The smallest absolute Gasteiger partial charge is 0.240 e. The lowest BCUT2D eigenvalue weighted by Crippen LogP contribution is -2.28. The number of carbonyl (C=O) groups is 2. The Bertz CT molecular complexity index is 976. The highest BCUT2D eigenvalue weighted by Gasteiger charge is 2.32. The summed E-state index contributed by atoms with van der Waals surface area (Å²) in [6, 6.07) is 12.9. The topological polar surface area (TPSA) is 92.2 Å². The molecule has 0 bridgehead atoms. The van der Waals surface area contributed by atoms with Crippen molar-refractivity contribution in [2.24, 2.45) is 10.2 Å². The van der Waals surface area contributed by atoms with E-state index >= 15 is 0 Å². The number of halogens is 1. The average Bonchev–Trinajstić information content (AvgIpc) is 3.06. The lowest BCUT2D eigenvalue weighted by molar-refractivity contribution is -0.122. The number of hydrogen-bond acceptors (Lipinski definition) is 6. The van der Waals surface area contributed by atoms with E-state index < -0.39 is 5.25 Å². The molecule has 0 spiro atoms. The largest absolute Gasteiger partial charge is 0.495 e. The molecule has 150 valence electrons. The molecule has 2 N–H and O–H groups in total. The number of benzene rings is 2. The molecular weight excluding hydrogens is 395 g/mol. The van der Waals surface area contributed by atoms with E-state index in [2.05, 4.69) is 20.8 Å². The fourth-order valence-corrected chi connectivity index (χ4v) is 3.49. The summed E-state index contributed by atoms with van der Waals surface area (Å²) in [5.74, 6) is -0.411. The SMILES string of the molecule is COc1ccccc1NC(=O)C[C@H]1S/C(=N\N=C(\C)c2ccc(F)cc2)NC1=O. The van der Waals surface area contributed by atoms with E-state index in [0.717, 1.165) is 17.3 Å². The summed E-state index contributed by atoms with van der Waals surface area (Å²) in [5.41, 5.74) is 1.83. The summed E-state index contributed by atoms with van der Waals surface area (Å²) < 4.78 is 18.2. The van der Waals surface area contributed by atoms with Crippen molar-refractivity contribution >= 4 is 40.1 Å². The molecule has 7 nitrogen and oxygen atoms in total. The zero-order valence-electron chi connectivity index (χ0n) is 15.8. The number of ether oxygens (including phenoxy) is 1.